The van der Waals surface area contributed by atoms with Crippen LogP contribution in [0.3, 0.4) is 0 Å². The Bertz CT molecular complexity index is 1210. The van der Waals surface area contributed by atoms with Crippen molar-refractivity contribution in [1.82, 2.24) is 14.9 Å². The molecule has 0 bridgehead atoms. The van der Waals surface area contributed by atoms with Crippen molar-refractivity contribution in [3.63, 3.8) is 0 Å². The van der Waals surface area contributed by atoms with Gasteiger partial charge in [-0.15, -0.1) is 0 Å². The van der Waals surface area contributed by atoms with E-state index in [1.54, 1.807) is 19.4 Å². The number of rotatable bonds is 5. The maximum Gasteiger partial charge on any atom is 0.233 e. The Kier molecular flexibility index (Phi) is 5.94. The fourth-order valence-electron chi connectivity index (χ4n) is 5.64. The summed E-state index contributed by atoms with van der Waals surface area (Å²) < 4.78 is 19.6. The van der Waals surface area contributed by atoms with Crippen LogP contribution < -0.4 is 10.5 Å². The predicted molar refractivity (Wildman–Crippen MR) is 129 cm³/mol. The molecule has 1 aliphatic carbocycles. The molecule has 2 fully saturated rings. The number of anilines is 1. The number of likely N-dealkylation sites (tertiary alicyclic amines) is 1. The number of carbonyl (C=O) groups excluding carboxylic acids is 1. The number of nitrogen functional groups attached to an aromatic ring is 1. The van der Waals surface area contributed by atoms with Gasteiger partial charge in [0.05, 0.1) is 24.3 Å². The topological polar surface area (TPSA) is 81.3 Å². The maximum atomic E-state index is 14.2. The molecule has 1 saturated carbocycles. The van der Waals surface area contributed by atoms with E-state index in [0.29, 0.717) is 6.54 Å². The summed E-state index contributed by atoms with van der Waals surface area (Å²) in [5.74, 6) is 0.669. The second-order valence-electron chi connectivity index (χ2n) is 9.22. The van der Waals surface area contributed by atoms with E-state index in [-0.39, 0.29) is 23.7 Å². The van der Waals surface area contributed by atoms with Gasteiger partial charge in [-0.05, 0) is 61.1 Å². The molecule has 2 aromatic carbocycles. The smallest absolute Gasteiger partial charge is 0.233 e. The van der Waals surface area contributed by atoms with E-state index >= 15 is 0 Å². The van der Waals surface area contributed by atoms with Crippen molar-refractivity contribution in [2.45, 2.75) is 50.0 Å². The number of methoxy groups -OCH3 is 1. The molecule has 2 heterocycles. The summed E-state index contributed by atoms with van der Waals surface area (Å²) in [5.41, 5.74) is 8.59. The summed E-state index contributed by atoms with van der Waals surface area (Å²) in [6.07, 6.45) is 6.76. The van der Waals surface area contributed by atoms with E-state index in [1.165, 1.54) is 12.1 Å². The van der Waals surface area contributed by atoms with Crippen LogP contribution in [0.15, 0.2) is 54.7 Å². The Morgan fingerprint density at radius 3 is 2.71 bits per heavy atom. The zero-order valence-corrected chi connectivity index (χ0v) is 19.3. The molecule has 7 heteroatoms. The van der Waals surface area contributed by atoms with Gasteiger partial charge in [0.1, 0.15) is 11.6 Å². The Balaban J connectivity index is 1.56. The summed E-state index contributed by atoms with van der Waals surface area (Å²) in [5, 5.41) is 0. The van der Waals surface area contributed by atoms with Crippen LogP contribution >= 0.6 is 0 Å². The van der Waals surface area contributed by atoms with Gasteiger partial charge in [0, 0.05) is 18.3 Å². The number of hydrogen-bond acceptors (Lipinski definition) is 5. The number of hydrogen-bond donors (Lipinski definition) is 1. The standard InChI is InChI=1S/C27H29FN4O2/c1-34-21-10-4-7-18(15-21)22-17-30-26(29)31-24(22)23-11-6-14-32(23)25(33)27(12-2-3-13-27)19-8-5-9-20(28)16-19/h4-5,7-10,15-17,23H,2-3,6,11-14H2,1H3,(H2,29,30,31). The molecule has 1 aliphatic heterocycles. The third-order valence-electron chi connectivity index (χ3n) is 7.29. The summed E-state index contributed by atoms with van der Waals surface area (Å²) in [4.78, 5) is 25.0. The van der Waals surface area contributed by atoms with Crippen LogP contribution in [0.25, 0.3) is 11.1 Å². The highest BCUT2D eigenvalue weighted by Crippen LogP contribution is 2.46. The van der Waals surface area contributed by atoms with Crippen molar-refractivity contribution in [2.75, 3.05) is 19.4 Å². The zero-order valence-electron chi connectivity index (χ0n) is 19.3. The van der Waals surface area contributed by atoms with Gasteiger partial charge in [0.2, 0.25) is 11.9 Å². The van der Waals surface area contributed by atoms with Crippen LogP contribution in [0.2, 0.25) is 0 Å². The fourth-order valence-corrected chi connectivity index (χ4v) is 5.64. The number of ether oxygens (including phenoxy) is 1. The van der Waals surface area contributed by atoms with Gasteiger partial charge in [-0.1, -0.05) is 37.1 Å². The minimum Gasteiger partial charge on any atom is -0.497 e. The SMILES string of the molecule is COc1cccc(-c2cnc(N)nc2C2CCCN2C(=O)C2(c3cccc(F)c3)CCCC2)c1. The lowest BCUT2D eigenvalue weighted by atomic mass is 9.77. The highest BCUT2D eigenvalue weighted by molar-refractivity contribution is 5.89. The molecule has 0 spiro atoms. The first-order chi connectivity index (χ1) is 16.5. The summed E-state index contributed by atoms with van der Waals surface area (Å²) >= 11 is 0. The molecule has 0 radical (unpaired) electrons. The number of aromatic nitrogens is 2. The Morgan fingerprint density at radius 1 is 1.15 bits per heavy atom. The Labute approximate surface area is 199 Å². The van der Waals surface area contributed by atoms with Gasteiger partial charge in [0.15, 0.2) is 0 Å². The quantitative estimate of drug-likeness (QED) is 0.576. The van der Waals surface area contributed by atoms with E-state index in [9.17, 15) is 9.18 Å². The molecule has 176 valence electrons. The second kappa shape index (κ2) is 9.05. The lowest BCUT2D eigenvalue weighted by Crippen LogP contribution is -2.45. The molecule has 1 atom stereocenters. The van der Waals surface area contributed by atoms with Gasteiger partial charge in [-0.25, -0.2) is 14.4 Å². The van der Waals surface area contributed by atoms with E-state index in [0.717, 1.165) is 66.7 Å². The molecule has 2 aliphatic rings. The highest BCUT2D eigenvalue weighted by Gasteiger charge is 2.48. The van der Waals surface area contributed by atoms with E-state index < -0.39 is 5.41 Å². The monoisotopic (exact) mass is 460 g/mol. The van der Waals surface area contributed by atoms with Crippen molar-refractivity contribution in [3.8, 4) is 16.9 Å². The fraction of sp³-hybridized carbons (Fsp3) is 0.370. The average molecular weight is 461 g/mol. The van der Waals surface area contributed by atoms with Crippen molar-refractivity contribution in [1.29, 1.82) is 0 Å². The lowest BCUT2D eigenvalue weighted by Gasteiger charge is -2.36. The first-order valence-electron chi connectivity index (χ1n) is 11.9. The number of halogens is 1. The Morgan fingerprint density at radius 2 is 1.94 bits per heavy atom. The van der Waals surface area contributed by atoms with Gasteiger partial charge < -0.3 is 15.4 Å². The number of amides is 1. The van der Waals surface area contributed by atoms with Crippen molar-refractivity contribution >= 4 is 11.9 Å². The zero-order chi connectivity index (χ0) is 23.7. The van der Waals surface area contributed by atoms with Gasteiger partial charge >= 0.3 is 0 Å². The first-order valence-corrected chi connectivity index (χ1v) is 11.9. The van der Waals surface area contributed by atoms with Crippen LogP contribution in [0.5, 0.6) is 5.75 Å². The van der Waals surface area contributed by atoms with Crippen LogP contribution in [0.4, 0.5) is 10.3 Å². The number of nitrogens with zero attached hydrogens (tertiary/aromatic N) is 3. The number of nitrogens with two attached hydrogens (primary N) is 1. The van der Waals surface area contributed by atoms with Crippen molar-refractivity contribution < 1.29 is 13.9 Å². The summed E-state index contributed by atoms with van der Waals surface area (Å²) in [6.45, 7) is 0.641. The molecule has 3 aromatic rings. The van der Waals surface area contributed by atoms with E-state index in [4.69, 9.17) is 10.5 Å². The second-order valence-corrected chi connectivity index (χ2v) is 9.22. The average Bonchev–Trinajstić information content (AvgIpc) is 3.54. The van der Waals surface area contributed by atoms with Crippen molar-refractivity contribution in [3.05, 3.63) is 71.8 Å². The van der Waals surface area contributed by atoms with E-state index in [1.807, 2.05) is 35.2 Å². The molecule has 1 aromatic heterocycles. The van der Waals surface area contributed by atoms with Crippen molar-refractivity contribution in [2.24, 2.45) is 0 Å². The normalized spacial score (nSPS) is 19.4. The largest absolute Gasteiger partial charge is 0.497 e. The molecule has 2 N–H and O–H groups in total. The Hall–Kier alpha value is -3.48. The van der Waals surface area contributed by atoms with E-state index in [2.05, 4.69) is 9.97 Å². The third kappa shape index (κ3) is 3.89. The number of benzene rings is 2. The van der Waals surface area contributed by atoms with Crippen LogP contribution in [0, 0.1) is 5.82 Å². The summed E-state index contributed by atoms with van der Waals surface area (Å²) in [6, 6.07) is 14.0. The predicted octanol–water partition coefficient (Wildman–Crippen LogP) is 5.05. The highest BCUT2D eigenvalue weighted by atomic mass is 19.1. The molecule has 1 saturated heterocycles. The lowest BCUT2D eigenvalue weighted by molar-refractivity contribution is -0.138. The molecule has 5 rings (SSSR count). The van der Waals surface area contributed by atoms with Gasteiger partial charge in [0.25, 0.3) is 0 Å². The van der Waals surface area contributed by atoms with Crippen LogP contribution in [-0.4, -0.2) is 34.4 Å². The third-order valence-corrected chi connectivity index (χ3v) is 7.29. The molecular weight excluding hydrogens is 431 g/mol. The van der Waals surface area contributed by atoms with Crippen LogP contribution in [-0.2, 0) is 10.2 Å². The minimum absolute atomic E-state index is 0.0619. The van der Waals surface area contributed by atoms with Crippen LogP contribution in [0.1, 0.15) is 55.8 Å². The maximum absolute atomic E-state index is 14.2. The molecule has 1 unspecified atom stereocenters. The molecule has 1 amide bonds. The molecule has 6 nitrogen and oxygen atoms in total. The minimum atomic E-state index is -0.695. The molecule has 34 heavy (non-hydrogen) atoms. The molecular formula is C27H29FN4O2. The summed E-state index contributed by atoms with van der Waals surface area (Å²) in [7, 11) is 1.63. The first kappa shape index (κ1) is 22.3. The van der Waals surface area contributed by atoms with Gasteiger partial charge in [-0.3, -0.25) is 4.79 Å². The van der Waals surface area contributed by atoms with Gasteiger partial charge in [-0.2, -0.15) is 0 Å². The number of carbonyl (C=O) groups is 1.